The van der Waals surface area contributed by atoms with Crippen molar-refractivity contribution in [3.63, 3.8) is 0 Å². The van der Waals surface area contributed by atoms with Gasteiger partial charge >= 0.3 is 0 Å². The van der Waals surface area contributed by atoms with Crippen LogP contribution in [0.5, 0.6) is 11.5 Å². The van der Waals surface area contributed by atoms with Crippen LogP contribution >= 0.6 is 34.8 Å². The number of amides is 1. The summed E-state index contributed by atoms with van der Waals surface area (Å²) in [5.74, 6) is -1.55. The number of Topliss-reactive ketones (excluding diaryl/α,β-unsaturated/α-hetero) is 1. The Bertz CT molecular complexity index is 1100. The van der Waals surface area contributed by atoms with Gasteiger partial charge in [0.1, 0.15) is 17.3 Å². The number of methoxy groups -OCH3 is 3. The van der Waals surface area contributed by atoms with Crippen molar-refractivity contribution in [2.75, 3.05) is 34.5 Å². The van der Waals surface area contributed by atoms with E-state index in [2.05, 4.69) is 0 Å². The van der Waals surface area contributed by atoms with E-state index >= 15 is 0 Å². The minimum Gasteiger partial charge on any atom is -0.507 e. The SMILES string of the molecule is COCCN1C(=O)C(=O)/C(=C(/O)c2cc(Cl)c(OC)cc2OC)C1c1ccc(Cl)c(Cl)c1. The van der Waals surface area contributed by atoms with E-state index in [0.717, 1.165) is 0 Å². The Morgan fingerprint density at radius 3 is 2.25 bits per heavy atom. The molecular weight excluding hydrogens is 481 g/mol. The zero-order valence-corrected chi connectivity index (χ0v) is 19.7. The van der Waals surface area contributed by atoms with Crippen molar-refractivity contribution in [3.8, 4) is 11.5 Å². The second kappa shape index (κ2) is 10.0. The van der Waals surface area contributed by atoms with E-state index in [-0.39, 0.29) is 40.1 Å². The zero-order valence-electron chi connectivity index (χ0n) is 17.4. The number of carbonyl (C=O) groups excluding carboxylic acids is 2. The fourth-order valence-corrected chi connectivity index (χ4v) is 4.07. The predicted molar refractivity (Wildman–Crippen MR) is 122 cm³/mol. The molecule has 2 aromatic carbocycles. The zero-order chi connectivity index (χ0) is 23.6. The molecule has 1 aliphatic heterocycles. The third-order valence-corrected chi connectivity index (χ3v) is 6.10. The summed E-state index contributed by atoms with van der Waals surface area (Å²) in [4.78, 5) is 27.2. The van der Waals surface area contributed by atoms with Crippen LogP contribution in [0.2, 0.25) is 15.1 Å². The van der Waals surface area contributed by atoms with Gasteiger partial charge in [-0.1, -0.05) is 40.9 Å². The van der Waals surface area contributed by atoms with Crippen LogP contribution in [0.15, 0.2) is 35.9 Å². The van der Waals surface area contributed by atoms with Crippen molar-refractivity contribution < 1.29 is 28.9 Å². The van der Waals surface area contributed by atoms with Gasteiger partial charge < -0.3 is 24.2 Å². The first-order valence-corrected chi connectivity index (χ1v) is 10.5. The number of nitrogens with zero attached hydrogens (tertiary/aromatic N) is 1. The smallest absolute Gasteiger partial charge is 0.295 e. The first-order chi connectivity index (χ1) is 15.2. The van der Waals surface area contributed by atoms with E-state index in [4.69, 9.17) is 49.0 Å². The number of carbonyl (C=O) groups is 2. The molecule has 1 fully saturated rings. The van der Waals surface area contributed by atoms with Crippen LogP contribution in [0, 0.1) is 0 Å². The van der Waals surface area contributed by atoms with Crippen LogP contribution in [0.25, 0.3) is 5.76 Å². The lowest BCUT2D eigenvalue weighted by molar-refractivity contribution is -0.140. The van der Waals surface area contributed by atoms with Crippen molar-refractivity contribution in [2.24, 2.45) is 0 Å². The van der Waals surface area contributed by atoms with Gasteiger partial charge in [0.15, 0.2) is 0 Å². The van der Waals surface area contributed by atoms with Crippen molar-refractivity contribution in [3.05, 3.63) is 62.1 Å². The number of halogens is 3. The number of rotatable bonds is 7. The van der Waals surface area contributed by atoms with Crippen LogP contribution in [0.3, 0.4) is 0 Å². The number of aliphatic hydroxyl groups excluding tert-OH is 1. The molecule has 0 aromatic heterocycles. The molecule has 1 unspecified atom stereocenters. The Morgan fingerprint density at radius 1 is 0.969 bits per heavy atom. The molecule has 1 saturated heterocycles. The van der Waals surface area contributed by atoms with Crippen LogP contribution in [-0.4, -0.2) is 56.2 Å². The monoisotopic (exact) mass is 499 g/mol. The van der Waals surface area contributed by atoms with E-state index in [1.165, 1.54) is 38.4 Å². The largest absolute Gasteiger partial charge is 0.507 e. The molecule has 10 heteroatoms. The molecule has 32 heavy (non-hydrogen) atoms. The number of benzene rings is 2. The molecule has 0 spiro atoms. The predicted octanol–water partition coefficient (Wildman–Crippen LogP) is 4.73. The third kappa shape index (κ3) is 4.38. The normalized spacial score (nSPS) is 17.7. The third-order valence-electron chi connectivity index (χ3n) is 5.06. The first kappa shape index (κ1) is 24.2. The van der Waals surface area contributed by atoms with E-state index in [1.54, 1.807) is 18.2 Å². The van der Waals surface area contributed by atoms with Crippen molar-refractivity contribution in [1.82, 2.24) is 4.90 Å². The number of hydrogen-bond donors (Lipinski definition) is 1. The first-order valence-electron chi connectivity index (χ1n) is 9.39. The molecule has 1 heterocycles. The molecule has 0 saturated carbocycles. The molecule has 0 bridgehead atoms. The van der Waals surface area contributed by atoms with Crippen molar-refractivity contribution in [2.45, 2.75) is 6.04 Å². The van der Waals surface area contributed by atoms with Gasteiger partial charge in [-0.05, 0) is 23.8 Å². The molecule has 170 valence electrons. The fourth-order valence-electron chi connectivity index (χ4n) is 3.52. The maximum Gasteiger partial charge on any atom is 0.295 e. The standard InChI is InChI=1S/C22H20Cl3NO6/c1-30-7-6-26-19(11-4-5-13(23)14(24)8-11)18(21(28)22(26)29)20(27)12-9-15(25)17(32-3)10-16(12)31-2/h4-5,8-10,19,27H,6-7H2,1-3H3/b20-18+. The molecule has 1 amide bonds. The summed E-state index contributed by atoms with van der Waals surface area (Å²) in [6, 6.07) is 6.70. The highest BCUT2D eigenvalue weighted by Gasteiger charge is 2.46. The van der Waals surface area contributed by atoms with Crippen LogP contribution in [0.4, 0.5) is 0 Å². The Hall–Kier alpha value is -2.45. The summed E-state index contributed by atoms with van der Waals surface area (Å²) >= 11 is 18.5. The van der Waals surface area contributed by atoms with Crippen molar-refractivity contribution in [1.29, 1.82) is 0 Å². The van der Waals surface area contributed by atoms with E-state index < -0.39 is 23.5 Å². The van der Waals surface area contributed by atoms with Crippen LogP contribution < -0.4 is 9.47 Å². The summed E-state index contributed by atoms with van der Waals surface area (Å²) in [7, 11) is 4.31. The maximum atomic E-state index is 13.0. The lowest BCUT2D eigenvalue weighted by Gasteiger charge is -2.25. The lowest BCUT2D eigenvalue weighted by Crippen LogP contribution is -2.32. The molecule has 1 atom stereocenters. The van der Waals surface area contributed by atoms with Gasteiger partial charge in [-0.2, -0.15) is 0 Å². The highest BCUT2D eigenvalue weighted by atomic mass is 35.5. The average Bonchev–Trinajstić information content (AvgIpc) is 3.03. The van der Waals surface area contributed by atoms with Gasteiger partial charge in [0.05, 0.1) is 53.1 Å². The fraction of sp³-hybridized carbons (Fsp3) is 0.273. The van der Waals surface area contributed by atoms with Crippen molar-refractivity contribution >= 4 is 52.3 Å². The molecule has 1 aliphatic rings. The minimum atomic E-state index is -0.925. The highest BCUT2D eigenvalue weighted by Crippen LogP contribution is 2.43. The van der Waals surface area contributed by atoms with Gasteiger partial charge in [-0.3, -0.25) is 9.59 Å². The van der Waals surface area contributed by atoms with E-state index in [0.29, 0.717) is 16.3 Å². The molecule has 0 radical (unpaired) electrons. The lowest BCUT2D eigenvalue weighted by atomic mass is 9.95. The summed E-state index contributed by atoms with van der Waals surface area (Å²) in [5, 5.41) is 12.0. The summed E-state index contributed by atoms with van der Waals surface area (Å²) in [6.07, 6.45) is 0. The molecular formula is C22H20Cl3NO6. The summed E-state index contributed by atoms with van der Waals surface area (Å²) in [5.41, 5.74) is 0.493. The Morgan fingerprint density at radius 2 is 1.66 bits per heavy atom. The Kier molecular flexibility index (Phi) is 7.56. The Labute approximate surface area is 200 Å². The highest BCUT2D eigenvalue weighted by molar-refractivity contribution is 6.47. The average molecular weight is 501 g/mol. The maximum absolute atomic E-state index is 13.0. The molecule has 7 nitrogen and oxygen atoms in total. The topological polar surface area (TPSA) is 85.3 Å². The molecule has 2 aromatic rings. The van der Waals surface area contributed by atoms with E-state index in [9.17, 15) is 14.7 Å². The van der Waals surface area contributed by atoms with Gasteiger partial charge in [0.2, 0.25) is 0 Å². The van der Waals surface area contributed by atoms with Gasteiger partial charge in [-0.25, -0.2) is 0 Å². The molecule has 1 N–H and O–H groups in total. The Balaban J connectivity index is 2.26. The quantitative estimate of drug-likeness (QED) is 0.336. The summed E-state index contributed by atoms with van der Waals surface area (Å²) < 4.78 is 15.6. The van der Waals surface area contributed by atoms with Crippen LogP contribution in [-0.2, 0) is 14.3 Å². The number of ether oxygens (including phenoxy) is 3. The van der Waals surface area contributed by atoms with Gasteiger partial charge in [-0.15, -0.1) is 0 Å². The number of hydrogen-bond acceptors (Lipinski definition) is 6. The number of aliphatic hydroxyl groups is 1. The molecule has 3 rings (SSSR count). The number of ketones is 1. The van der Waals surface area contributed by atoms with E-state index in [1.807, 2.05) is 0 Å². The minimum absolute atomic E-state index is 0.114. The van der Waals surface area contributed by atoms with Crippen LogP contribution in [0.1, 0.15) is 17.2 Å². The summed E-state index contributed by atoms with van der Waals surface area (Å²) in [6.45, 7) is 0.297. The second-order valence-electron chi connectivity index (χ2n) is 6.85. The molecule has 0 aliphatic carbocycles. The van der Waals surface area contributed by atoms with Gasteiger partial charge in [0, 0.05) is 19.7 Å². The number of likely N-dealkylation sites (tertiary alicyclic amines) is 1. The second-order valence-corrected chi connectivity index (χ2v) is 8.07. The van der Waals surface area contributed by atoms with Gasteiger partial charge in [0.25, 0.3) is 11.7 Å².